The zero-order valence-corrected chi connectivity index (χ0v) is 16.6. The molecular formula is C21H27NO3S. The van der Waals surface area contributed by atoms with Gasteiger partial charge in [0.25, 0.3) is 0 Å². The molecule has 2 rings (SSSR count). The van der Waals surface area contributed by atoms with E-state index < -0.39 is 0 Å². The fourth-order valence-electron chi connectivity index (χ4n) is 2.38. The number of carbonyl (C=O) groups is 1. The van der Waals surface area contributed by atoms with Gasteiger partial charge in [0.05, 0.1) is 18.5 Å². The molecule has 0 spiro atoms. The summed E-state index contributed by atoms with van der Waals surface area (Å²) in [5.74, 6) is 2.25. The summed E-state index contributed by atoms with van der Waals surface area (Å²) in [5, 5.41) is 2.88. The van der Waals surface area contributed by atoms with Gasteiger partial charge in [-0.2, -0.15) is 0 Å². The number of ether oxygens (including phenoxy) is 2. The molecule has 0 fully saturated rings. The second kappa shape index (κ2) is 10.1. The smallest absolute Gasteiger partial charge is 0.233 e. The van der Waals surface area contributed by atoms with Crippen LogP contribution in [0.1, 0.15) is 31.9 Å². The van der Waals surface area contributed by atoms with Crippen LogP contribution >= 0.6 is 11.8 Å². The Hall–Kier alpha value is -2.14. The molecule has 0 saturated carbocycles. The van der Waals surface area contributed by atoms with Crippen molar-refractivity contribution in [2.24, 2.45) is 0 Å². The number of amides is 1. The lowest BCUT2D eigenvalue weighted by Crippen LogP contribution is -2.30. The van der Waals surface area contributed by atoms with Crippen LogP contribution in [0.5, 0.6) is 11.5 Å². The van der Waals surface area contributed by atoms with E-state index in [9.17, 15) is 4.79 Å². The van der Waals surface area contributed by atoms with E-state index in [1.807, 2.05) is 57.2 Å². The Morgan fingerprint density at radius 2 is 1.77 bits per heavy atom. The van der Waals surface area contributed by atoms with E-state index in [4.69, 9.17) is 9.47 Å². The minimum atomic E-state index is -0.111. The van der Waals surface area contributed by atoms with Crippen molar-refractivity contribution in [2.75, 3.05) is 7.11 Å². The van der Waals surface area contributed by atoms with Crippen LogP contribution in [0.3, 0.4) is 0 Å². The van der Waals surface area contributed by atoms with Gasteiger partial charge in [0.2, 0.25) is 5.91 Å². The van der Waals surface area contributed by atoms with E-state index in [0.717, 1.165) is 11.3 Å². The molecule has 1 unspecified atom stereocenters. The molecule has 0 aliphatic carbocycles. The average molecular weight is 374 g/mol. The predicted molar refractivity (Wildman–Crippen MR) is 108 cm³/mol. The molecule has 0 aliphatic rings. The number of hydrogen-bond donors (Lipinski definition) is 1. The fourth-order valence-corrected chi connectivity index (χ4v) is 3.25. The Morgan fingerprint density at radius 1 is 1.04 bits per heavy atom. The van der Waals surface area contributed by atoms with E-state index in [0.29, 0.717) is 18.0 Å². The molecule has 1 N–H and O–H groups in total. The number of benzene rings is 2. The Morgan fingerprint density at radius 3 is 2.42 bits per heavy atom. The highest BCUT2D eigenvalue weighted by Crippen LogP contribution is 2.29. The fraction of sp³-hybridized carbons (Fsp3) is 0.381. The molecule has 0 saturated heterocycles. The molecule has 4 nitrogen and oxygen atoms in total. The number of methoxy groups -OCH3 is 1. The van der Waals surface area contributed by atoms with Crippen molar-refractivity contribution >= 4 is 17.7 Å². The van der Waals surface area contributed by atoms with E-state index >= 15 is 0 Å². The highest BCUT2D eigenvalue weighted by molar-refractivity contribution is 7.99. The maximum absolute atomic E-state index is 12.3. The summed E-state index contributed by atoms with van der Waals surface area (Å²) in [7, 11) is 1.62. The molecular weight excluding hydrogens is 346 g/mol. The number of rotatable bonds is 9. The molecule has 26 heavy (non-hydrogen) atoms. The maximum Gasteiger partial charge on any atom is 0.233 e. The third-order valence-electron chi connectivity index (χ3n) is 3.77. The zero-order chi connectivity index (χ0) is 18.9. The van der Waals surface area contributed by atoms with Gasteiger partial charge < -0.3 is 14.8 Å². The third-order valence-corrected chi connectivity index (χ3v) is 4.98. The Kier molecular flexibility index (Phi) is 7.85. The summed E-state index contributed by atoms with van der Waals surface area (Å²) in [6.45, 7) is 6.35. The number of hydrogen-bond acceptors (Lipinski definition) is 4. The van der Waals surface area contributed by atoms with Gasteiger partial charge in [0.1, 0.15) is 0 Å². The van der Waals surface area contributed by atoms with E-state index in [1.54, 1.807) is 18.9 Å². The van der Waals surface area contributed by atoms with Gasteiger partial charge in [-0.15, -0.1) is 11.8 Å². The van der Waals surface area contributed by atoms with Gasteiger partial charge in [-0.05, 0) is 44.0 Å². The highest BCUT2D eigenvalue weighted by Gasteiger charge is 2.14. The van der Waals surface area contributed by atoms with Gasteiger partial charge in [0.15, 0.2) is 11.5 Å². The molecule has 1 atom stereocenters. The van der Waals surface area contributed by atoms with Crippen LogP contribution in [-0.4, -0.2) is 24.4 Å². The van der Waals surface area contributed by atoms with Crippen molar-refractivity contribution in [3.63, 3.8) is 0 Å². The molecule has 2 aromatic rings. The summed E-state index contributed by atoms with van der Waals surface area (Å²) in [5.41, 5.74) is 2.20. The minimum Gasteiger partial charge on any atom is -0.493 e. The first-order chi connectivity index (χ1) is 12.5. The maximum atomic E-state index is 12.3. The molecule has 0 heterocycles. The van der Waals surface area contributed by atoms with Crippen LogP contribution in [0, 0.1) is 0 Å². The molecule has 5 heteroatoms. The quantitative estimate of drug-likeness (QED) is 0.707. The number of thioether (sulfide) groups is 1. The Balaban J connectivity index is 1.86. The van der Waals surface area contributed by atoms with Crippen LogP contribution in [-0.2, 0) is 17.1 Å². The summed E-state index contributed by atoms with van der Waals surface area (Å²) in [6.07, 6.45) is 0.0805. The molecule has 0 aromatic heterocycles. The lowest BCUT2D eigenvalue weighted by Gasteiger charge is -2.15. The van der Waals surface area contributed by atoms with E-state index in [1.165, 1.54) is 5.56 Å². The molecule has 0 aliphatic heterocycles. The lowest BCUT2D eigenvalue weighted by atomic mass is 10.2. The number of carbonyl (C=O) groups excluding carboxylic acids is 1. The van der Waals surface area contributed by atoms with Crippen molar-refractivity contribution in [3.05, 3.63) is 59.7 Å². The summed E-state index contributed by atoms with van der Waals surface area (Å²) < 4.78 is 11.1. The van der Waals surface area contributed by atoms with Crippen molar-refractivity contribution in [2.45, 2.75) is 44.4 Å². The summed E-state index contributed by atoms with van der Waals surface area (Å²) in [4.78, 5) is 12.3. The van der Waals surface area contributed by atoms with Crippen LogP contribution in [0.2, 0.25) is 0 Å². The lowest BCUT2D eigenvalue weighted by molar-refractivity contribution is -0.120. The monoisotopic (exact) mass is 373 g/mol. The molecule has 1 amide bonds. The first-order valence-electron chi connectivity index (χ1n) is 8.76. The highest BCUT2D eigenvalue weighted by atomic mass is 32.2. The van der Waals surface area contributed by atoms with Crippen molar-refractivity contribution in [1.82, 2.24) is 5.32 Å². The van der Waals surface area contributed by atoms with Gasteiger partial charge in [-0.25, -0.2) is 0 Å². The van der Waals surface area contributed by atoms with Gasteiger partial charge >= 0.3 is 0 Å². The van der Waals surface area contributed by atoms with Crippen LogP contribution in [0.15, 0.2) is 48.5 Å². The van der Waals surface area contributed by atoms with E-state index in [-0.39, 0.29) is 17.3 Å². The second-order valence-electron chi connectivity index (χ2n) is 6.31. The molecule has 140 valence electrons. The van der Waals surface area contributed by atoms with Crippen molar-refractivity contribution in [3.8, 4) is 11.5 Å². The molecule has 2 aromatic carbocycles. The topological polar surface area (TPSA) is 47.6 Å². The predicted octanol–water partition coefficient (Wildman–Crippen LogP) is 4.42. The van der Waals surface area contributed by atoms with Crippen LogP contribution in [0.4, 0.5) is 0 Å². The van der Waals surface area contributed by atoms with Crippen molar-refractivity contribution < 1.29 is 14.3 Å². The normalized spacial score (nSPS) is 11.9. The minimum absolute atomic E-state index is 0.0346. The third kappa shape index (κ3) is 6.30. The van der Waals surface area contributed by atoms with E-state index in [2.05, 4.69) is 17.4 Å². The average Bonchev–Trinajstić information content (AvgIpc) is 2.65. The summed E-state index contributed by atoms with van der Waals surface area (Å²) in [6, 6.07) is 15.9. The SMILES string of the molecule is COc1cc(CNC(=O)C(C)SCc2ccccc2)ccc1OC(C)C. The van der Waals surface area contributed by atoms with Gasteiger partial charge in [-0.1, -0.05) is 36.4 Å². The van der Waals surface area contributed by atoms with Gasteiger partial charge in [0, 0.05) is 12.3 Å². The zero-order valence-electron chi connectivity index (χ0n) is 15.8. The second-order valence-corrected chi connectivity index (χ2v) is 7.64. The van der Waals surface area contributed by atoms with Crippen LogP contribution < -0.4 is 14.8 Å². The van der Waals surface area contributed by atoms with Crippen LogP contribution in [0.25, 0.3) is 0 Å². The first-order valence-corrected chi connectivity index (χ1v) is 9.81. The van der Waals surface area contributed by atoms with Crippen molar-refractivity contribution in [1.29, 1.82) is 0 Å². The largest absolute Gasteiger partial charge is 0.493 e. The Bertz CT molecular complexity index is 704. The standard InChI is InChI=1S/C21H27NO3S/c1-15(2)25-19-11-10-18(12-20(19)24-4)13-22-21(23)16(3)26-14-17-8-6-5-7-9-17/h5-12,15-16H,13-14H2,1-4H3,(H,22,23). The summed E-state index contributed by atoms with van der Waals surface area (Å²) >= 11 is 1.63. The van der Waals surface area contributed by atoms with Gasteiger partial charge in [-0.3, -0.25) is 4.79 Å². The molecule has 0 radical (unpaired) electrons. The first kappa shape index (κ1) is 20.2. The molecule has 0 bridgehead atoms. The number of nitrogens with one attached hydrogen (secondary N) is 1. The Labute approximate surface area is 160 Å².